The summed E-state index contributed by atoms with van der Waals surface area (Å²) in [6, 6.07) is 9.32. The van der Waals surface area contributed by atoms with Gasteiger partial charge in [-0.05, 0) is 0 Å². The number of alkyl halides is 6. The van der Waals surface area contributed by atoms with E-state index in [9.17, 15) is 26.3 Å². The molecule has 0 amide bonds. The summed E-state index contributed by atoms with van der Waals surface area (Å²) in [6.07, 6.45) is -3.31. The summed E-state index contributed by atoms with van der Waals surface area (Å²) in [6.45, 7) is 17.6. The van der Waals surface area contributed by atoms with Gasteiger partial charge < -0.3 is 0 Å². The van der Waals surface area contributed by atoms with Crippen molar-refractivity contribution in [1.29, 1.82) is 0 Å². The van der Waals surface area contributed by atoms with Crippen LogP contribution in [0.2, 0.25) is 13.1 Å². The Bertz CT molecular complexity index is 1470. The summed E-state index contributed by atoms with van der Waals surface area (Å²) in [5.41, 5.74) is 0.140. The van der Waals surface area contributed by atoms with Gasteiger partial charge in [0.1, 0.15) is 0 Å². The van der Waals surface area contributed by atoms with Crippen molar-refractivity contribution in [2.24, 2.45) is 10.8 Å². The van der Waals surface area contributed by atoms with Crippen LogP contribution in [-0.4, -0.2) is 8.07 Å². The van der Waals surface area contributed by atoms with Crippen molar-refractivity contribution in [2.45, 2.75) is 79.8 Å². The first kappa shape index (κ1) is 33.1. The molecule has 0 aromatic heterocycles. The van der Waals surface area contributed by atoms with Gasteiger partial charge >= 0.3 is 263 Å². The molecule has 0 saturated heterocycles. The molecule has 0 unspecified atom stereocenters. The van der Waals surface area contributed by atoms with Gasteiger partial charge in [0.2, 0.25) is 0 Å². The Morgan fingerprint density at radius 1 is 0.568 bits per heavy atom. The first-order valence-electron chi connectivity index (χ1n) is 14.7. The van der Waals surface area contributed by atoms with Crippen molar-refractivity contribution in [3.63, 3.8) is 0 Å². The Hall–Kier alpha value is -2.32. The number of benzene rings is 2. The van der Waals surface area contributed by atoms with Crippen LogP contribution < -0.4 is 5.63 Å². The van der Waals surface area contributed by atoms with Crippen LogP contribution in [0.1, 0.15) is 65.5 Å². The van der Waals surface area contributed by atoms with Crippen molar-refractivity contribution < 1.29 is 53.1 Å². The molecule has 0 fully saturated rings. The minimum atomic E-state index is -4.97. The van der Waals surface area contributed by atoms with Gasteiger partial charge in [-0.2, -0.15) is 0 Å². The van der Waals surface area contributed by atoms with Crippen molar-refractivity contribution in [1.82, 2.24) is 0 Å². The summed E-state index contributed by atoms with van der Waals surface area (Å²) < 4.78 is 97.1. The molecular formula is C34H38F6O2SiZr. The first-order chi connectivity index (χ1) is 20.1. The third-order valence-electron chi connectivity index (χ3n) is 8.69. The van der Waals surface area contributed by atoms with Crippen molar-refractivity contribution in [3.8, 4) is 11.5 Å². The van der Waals surface area contributed by atoms with E-state index in [2.05, 4.69) is 66.8 Å². The number of halogens is 6. The van der Waals surface area contributed by atoms with Gasteiger partial charge in [0.05, 0.1) is 0 Å². The molecule has 1 heterocycles. The normalized spacial score (nSPS) is 19.9. The Labute approximate surface area is 262 Å². The second kappa shape index (κ2) is 10.6. The van der Waals surface area contributed by atoms with Gasteiger partial charge in [-0.25, -0.2) is 0 Å². The van der Waals surface area contributed by atoms with E-state index in [4.69, 9.17) is 5.63 Å². The first-order valence-corrected chi connectivity index (χ1v) is 22.2. The number of fused-ring (bicyclic) bond motifs is 2. The molecule has 0 saturated carbocycles. The zero-order valence-electron chi connectivity index (χ0n) is 26.3. The van der Waals surface area contributed by atoms with Crippen molar-refractivity contribution in [3.05, 3.63) is 99.9 Å². The van der Waals surface area contributed by atoms with Crippen molar-refractivity contribution in [2.75, 3.05) is 0 Å². The van der Waals surface area contributed by atoms with E-state index >= 15 is 0 Å². The third-order valence-corrected chi connectivity index (χ3v) is 21.0. The molecule has 2 nitrogen and oxygen atoms in total. The Morgan fingerprint density at radius 3 is 1.16 bits per heavy atom. The number of rotatable bonds is 4. The molecule has 0 spiro atoms. The van der Waals surface area contributed by atoms with Crippen LogP contribution in [0.4, 0.5) is 26.3 Å². The molecular weight excluding hydrogens is 674 g/mol. The van der Waals surface area contributed by atoms with Gasteiger partial charge in [-0.3, -0.25) is 0 Å². The molecule has 236 valence electrons. The summed E-state index contributed by atoms with van der Waals surface area (Å²) in [5.74, 6) is 0.502. The predicted octanol–water partition coefficient (Wildman–Crippen LogP) is 11.2. The molecule has 44 heavy (non-hydrogen) atoms. The van der Waals surface area contributed by atoms with Gasteiger partial charge in [0, 0.05) is 0 Å². The molecule has 0 N–H and O–H groups in total. The number of hydrogen-bond acceptors (Lipinski definition) is 2. The molecule has 0 atom stereocenters. The predicted molar refractivity (Wildman–Crippen MR) is 160 cm³/mol. The fraction of sp³-hybridized carbons (Fsp3) is 0.412. The van der Waals surface area contributed by atoms with Crippen LogP contribution in [0, 0.1) is 10.8 Å². The fourth-order valence-electron chi connectivity index (χ4n) is 6.94. The van der Waals surface area contributed by atoms with Gasteiger partial charge in [0.15, 0.2) is 0 Å². The summed E-state index contributed by atoms with van der Waals surface area (Å²) in [4.78, 5) is 0. The monoisotopic (exact) mass is 710 g/mol. The average Bonchev–Trinajstić information content (AvgIpc) is 3.55. The summed E-state index contributed by atoms with van der Waals surface area (Å²) in [5, 5.41) is 2.61. The zero-order valence-corrected chi connectivity index (χ0v) is 29.7. The molecule has 2 aromatic rings. The zero-order chi connectivity index (χ0) is 32.7. The molecule has 1 aliphatic heterocycles. The summed E-state index contributed by atoms with van der Waals surface area (Å²) >= 11 is -4.97. The second-order valence-corrected chi connectivity index (χ2v) is 25.7. The Balaban J connectivity index is 1.83. The molecule has 4 bridgehead atoms. The van der Waals surface area contributed by atoms with Gasteiger partial charge in [-0.1, -0.05) is 0 Å². The molecule has 2 aliphatic carbocycles. The Kier molecular flexibility index (Phi) is 7.97. The van der Waals surface area contributed by atoms with Gasteiger partial charge in [-0.15, -0.1) is 0 Å². The van der Waals surface area contributed by atoms with Gasteiger partial charge in [0.25, 0.3) is 0 Å². The van der Waals surface area contributed by atoms with E-state index in [1.165, 1.54) is 45.8 Å². The maximum absolute atomic E-state index is 13.5. The average molecular weight is 712 g/mol. The topological polar surface area (TPSA) is 18.5 Å². The molecule has 5 rings (SSSR count). The maximum atomic E-state index is 13.5. The third kappa shape index (κ3) is 5.74. The summed E-state index contributed by atoms with van der Waals surface area (Å²) in [7, 11) is -2.22. The van der Waals surface area contributed by atoms with E-state index in [0.29, 0.717) is 12.8 Å². The van der Waals surface area contributed by atoms with E-state index < -0.39 is 52.7 Å². The van der Waals surface area contributed by atoms with Crippen LogP contribution >= 0.6 is 0 Å². The van der Waals surface area contributed by atoms with Crippen LogP contribution in [0.3, 0.4) is 0 Å². The van der Waals surface area contributed by atoms with Crippen LogP contribution in [-0.2, 0) is 33.5 Å². The van der Waals surface area contributed by atoms with Crippen LogP contribution in [0.15, 0.2) is 88.8 Å². The standard InChI is InChI=1S/C20H30Si.2C7H5F3O.Zr/c1-19(2,3)15-11-9-13-17(15)21(7,8)18-14-10-12-16(18)20(4,5)6;2*8-7(9,10)5-1-3-6(11)4-2-5;/h13-14H,9-10H2,1-8H3;2*1-4,11H;/q;;;+2/p-2. The molecule has 0 radical (unpaired) electrons. The van der Waals surface area contributed by atoms with Crippen LogP contribution in [0.5, 0.6) is 11.5 Å². The molecule has 3 aliphatic rings. The van der Waals surface area contributed by atoms with E-state index in [0.717, 1.165) is 30.8 Å². The SMILES string of the molecule is CC(C)(C)C1=[C]2CC=C1[Si](C)(C)C1=CC[C](=C1C(C)(C)C)[Zr]2([O]c1ccc(C(F)(F)F)cc1)[O]c1ccc(C(F)(F)F)cc1. The second-order valence-electron chi connectivity index (χ2n) is 14.3. The minimum absolute atomic E-state index is 0.251. The fourth-order valence-corrected chi connectivity index (χ4v) is 21.8. The van der Waals surface area contributed by atoms with E-state index in [1.54, 1.807) is 0 Å². The Morgan fingerprint density at radius 2 is 0.886 bits per heavy atom. The molecule has 2 aromatic carbocycles. The van der Waals surface area contributed by atoms with E-state index in [1.807, 2.05) is 0 Å². The van der Waals surface area contributed by atoms with Crippen LogP contribution in [0.25, 0.3) is 0 Å². The number of allylic oxidation sites excluding steroid dienone is 8. The molecule has 10 heteroatoms. The van der Waals surface area contributed by atoms with Crippen molar-refractivity contribution >= 4 is 8.07 Å². The number of hydrogen-bond donors (Lipinski definition) is 0. The quantitative estimate of drug-likeness (QED) is 0.232. The van der Waals surface area contributed by atoms with E-state index in [-0.39, 0.29) is 22.3 Å².